The van der Waals surface area contributed by atoms with Gasteiger partial charge in [-0.2, -0.15) is 5.10 Å². The summed E-state index contributed by atoms with van der Waals surface area (Å²) < 4.78 is 4.60. The van der Waals surface area contributed by atoms with Crippen LogP contribution in [0.1, 0.15) is 35.9 Å². The fraction of sp³-hybridized carbons (Fsp3) is 0.300. The predicted molar refractivity (Wildman–Crippen MR) is 61.5 cm³/mol. The summed E-state index contributed by atoms with van der Waals surface area (Å²) in [5, 5.41) is 12.7. The molecule has 0 radical (unpaired) electrons. The lowest BCUT2D eigenvalue weighted by atomic mass is 10.1. The number of hydrogen-bond donors (Lipinski definition) is 3. The molecular formula is C10H13N5O2. The van der Waals surface area contributed by atoms with Gasteiger partial charge in [-0.15, -0.1) is 0 Å². The molecule has 1 amide bonds. The lowest BCUT2D eigenvalue weighted by molar-refractivity contribution is 0.102. The molecule has 0 atom stereocenters. The van der Waals surface area contributed by atoms with Gasteiger partial charge in [-0.1, -0.05) is 19.0 Å². The zero-order valence-electron chi connectivity index (χ0n) is 9.52. The molecular weight excluding hydrogens is 222 g/mol. The average molecular weight is 235 g/mol. The first-order valence-corrected chi connectivity index (χ1v) is 5.14. The number of nitrogens with two attached hydrogens (primary N) is 1. The lowest BCUT2D eigenvalue weighted by Gasteiger charge is -2.02. The molecule has 0 fully saturated rings. The van der Waals surface area contributed by atoms with Gasteiger partial charge < -0.3 is 15.6 Å². The summed E-state index contributed by atoms with van der Waals surface area (Å²) in [6, 6.07) is 0. The molecule has 90 valence electrons. The van der Waals surface area contributed by atoms with Crippen LogP contribution in [0.5, 0.6) is 0 Å². The van der Waals surface area contributed by atoms with Crippen molar-refractivity contribution >= 4 is 17.3 Å². The molecule has 2 heterocycles. The van der Waals surface area contributed by atoms with Crippen LogP contribution < -0.4 is 11.1 Å². The van der Waals surface area contributed by atoms with Crippen LogP contribution in [-0.4, -0.2) is 21.3 Å². The second-order valence-electron chi connectivity index (χ2n) is 3.92. The summed E-state index contributed by atoms with van der Waals surface area (Å²) in [4.78, 5) is 11.8. The predicted octanol–water partition coefficient (Wildman–Crippen LogP) is 1.36. The normalized spacial score (nSPS) is 10.8. The van der Waals surface area contributed by atoms with E-state index in [0.29, 0.717) is 11.4 Å². The monoisotopic (exact) mass is 235 g/mol. The van der Waals surface area contributed by atoms with E-state index in [1.807, 2.05) is 13.8 Å². The second kappa shape index (κ2) is 4.28. The summed E-state index contributed by atoms with van der Waals surface area (Å²) in [6.45, 7) is 3.93. The number of H-pyrrole nitrogens is 1. The maximum absolute atomic E-state index is 11.8. The minimum absolute atomic E-state index is 0.176. The number of nitrogens with one attached hydrogen (secondary N) is 2. The Kier molecular flexibility index (Phi) is 2.82. The molecule has 2 aromatic rings. The van der Waals surface area contributed by atoms with Crippen LogP contribution in [0.25, 0.3) is 0 Å². The van der Waals surface area contributed by atoms with Crippen LogP contribution in [-0.2, 0) is 0 Å². The molecule has 0 saturated heterocycles. The molecule has 0 aliphatic heterocycles. The maximum Gasteiger partial charge on any atom is 0.278 e. The summed E-state index contributed by atoms with van der Waals surface area (Å²) >= 11 is 0. The van der Waals surface area contributed by atoms with Gasteiger partial charge in [0.15, 0.2) is 5.69 Å². The third-order valence-corrected chi connectivity index (χ3v) is 2.32. The number of amides is 1. The minimum atomic E-state index is -0.395. The van der Waals surface area contributed by atoms with E-state index in [2.05, 4.69) is 25.2 Å². The Morgan fingerprint density at radius 3 is 2.88 bits per heavy atom. The zero-order valence-corrected chi connectivity index (χ0v) is 9.52. The Labute approximate surface area is 97.4 Å². The van der Waals surface area contributed by atoms with Crippen LogP contribution >= 0.6 is 0 Å². The van der Waals surface area contributed by atoms with Crippen molar-refractivity contribution in [1.82, 2.24) is 15.4 Å². The van der Waals surface area contributed by atoms with Crippen molar-refractivity contribution in [2.24, 2.45) is 0 Å². The maximum atomic E-state index is 11.8. The van der Waals surface area contributed by atoms with Crippen molar-refractivity contribution in [1.29, 1.82) is 0 Å². The Bertz CT molecular complexity index is 515. The molecule has 0 aliphatic carbocycles. The SMILES string of the molecule is CC(C)c1[nH]nc(C(=O)Nc2cnoc2)c1N. The first-order chi connectivity index (χ1) is 8.09. The molecule has 2 rings (SSSR count). The molecule has 0 aliphatic rings. The van der Waals surface area contributed by atoms with E-state index in [1.54, 1.807) is 0 Å². The number of nitrogens with zero attached hydrogens (tertiary/aromatic N) is 2. The Morgan fingerprint density at radius 2 is 2.35 bits per heavy atom. The van der Waals surface area contributed by atoms with E-state index in [1.165, 1.54) is 12.5 Å². The molecule has 0 aromatic carbocycles. The van der Waals surface area contributed by atoms with Crippen LogP contribution in [0.3, 0.4) is 0 Å². The van der Waals surface area contributed by atoms with Crippen LogP contribution in [0.15, 0.2) is 17.0 Å². The van der Waals surface area contributed by atoms with E-state index < -0.39 is 5.91 Å². The smallest absolute Gasteiger partial charge is 0.278 e. The highest BCUT2D eigenvalue weighted by Gasteiger charge is 2.19. The number of rotatable bonds is 3. The number of anilines is 2. The molecule has 4 N–H and O–H groups in total. The summed E-state index contributed by atoms with van der Waals surface area (Å²) in [6.07, 6.45) is 2.72. The number of hydrogen-bond acceptors (Lipinski definition) is 5. The van der Waals surface area contributed by atoms with E-state index in [0.717, 1.165) is 5.69 Å². The topological polar surface area (TPSA) is 110 Å². The van der Waals surface area contributed by atoms with Crippen molar-refractivity contribution < 1.29 is 9.32 Å². The van der Waals surface area contributed by atoms with Crippen LogP contribution in [0.2, 0.25) is 0 Å². The van der Waals surface area contributed by atoms with E-state index >= 15 is 0 Å². The summed E-state index contributed by atoms with van der Waals surface area (Å²) in [5.41, 5.74) is 7.60. The standard InChI is InChI=1S/C10H13N5O2/c1-5(2)8-7(11)9(15-14-8)10(16)13-6-3-12-17-4-6/h3-5H,11H2,1-2H3,(H,13,16)(H,14,15). The quantitative estimate of drug-likeness (QED) is 0.743. The van der Waals surface area contributed by atoms with Crippen LogP contribution in [0, 0.1) is 0 Å². The van der Waals surface area contributed by atoms with Gasteiger partial charge in [0.25, 0.3) is 5.91 Å². The van der Waals surface area contributed by atoms with Gasteiger partial charge in [-0.05, 0) is 5.92 Å². The molecule has 7 heteroatoms. The van der Waals surface area contributed by atoms with Crippen molar-refractivity contribution in [3.63, 3.8) is 0 Å². The van der Waals surface area contributed by atoms with Gasteiger partial charge in [0, 0.05) is 0 Å². The summed E-state index contributed by atoms with van der Waals surface area (Å²) in [7, 11) is 0. The van der Waals surface area contributed by atoms with Crippen molar-refractivity contribution in [3.05, 3.63) is 23.8 Å². The highest BCUT2D eigenvalue weighted by Crippen LogP contribution is 2.22. The fourth-order valence-electron chi connectivity index (χ4n) is 1.43. The molecule has 0 saturated carbocycles. The van der Waals surface area contributed by atoms with Gasteiger partial charge in [0.1, 0.15) is 12.0 Å². The van der Waals surface area contributed by atoms with E-state index in [-0.39, 0.29) is 11.6 Å². The van der Waals surface area contributed by atoms with Gasteiger partial charge >= 0.3 is 0 Å². The van der Waals surface area contributed by atoms with Gasteiger partial charge in [-0.3, -0.25) is 9.89 Å². The highest BCUT2D eigenvalue weighted by atomic mass is 16.5. The number of carbonyl (C=O) groups is 1. The third kappa shape index (κ3) is 2.12. The number of nitrogen functional groups attached to an aromatic ring is 1. The zero-order chi connectivity index (χ0) is 12.4. The van der Waals surface area contributed by atoms with Gasteiger partial charge in [-0.25, -0.2) is 0 Å². The average Bonchev–Trinajstić information content (AvgIpc) is 2.86. The molecule has 0 unspecified atom stereocenters. The van der Waals surface area contributed by atoms with E-state index in [4.69, 9.17) is 5.73 Å². The van der Waals surface area contributed by atoms with Crippen LogP contribution in [0.4, 0.5) is 11.4 Å². The number of carbonyl (C=O) groups excluding carboxylic acids is 1. The van der Waals surface area contributed by atoms with Gasteiger partial charge in [0.05, 0.1) is 17.6 Å². The Hall–Kier alpha value is -2.31. The van der Waals surface area contributed by atoms with Crippen molar-refractivity contribution in [3.8, 4) is 0 Å². The lowest BCUT2D eigenvalue weighted by Crippen LogP contribution is -2.14. The molecule has 2 aromatic heterocycles. The Morgan fingerprint density at radius 1 is 1.59 bits per heavy atom. The Balaban J connectivity index is 2.20. The molecule has 0 bridgehead atoms. The van der Waals surface area contributed by atoms with Crippen molar-refractivity contribution in [2.75, 3.05) is 11.1 Å². The molecule has 7 nitrogen and oxygen atoms in total. The first-order valence-electron chi connectivity index (χ1n) is 5.14. The fourth-order valence-corrected chi connectivity index (χ4v) is 1.43. The highest BCUT2D eigenvalue weighted by molar-refractivity contribution is 6.06. The molecule has 17 heavy (non-hydrogen) atoms. The second-order valence-corrected chi connectivity index (χ2v) is 3.92. The van der Waals surface area contributed by atoms with Gasteiger partial charge in [0.2, 0.25) is 0 Å². The first kappa shape index (κ1) is 11.2. The molecule has 0 spiro atoms. The largest absolute Gasteiger partial charge is 0.395 e. The van der Waals surface area contributed by atoms with Crippen molar-refractivity contribution in [2.45, 2.75) is 19.8 Å². The summed E-state index contributed by atoms with van der Waals surface area (Å²) in [5.74, 6) is -0.214. The van der Waals surface area contributed by atoms with E-state index in [9.17, 15) is 4.79 Å². The number of aromatic amines is 1. The third-order valence-electron chi connectivity index (χ3n) is 2.32. The number of aromatic nitrogens is 3. The minimum Gasteiger partial charge on any atom is -0.395 e.